The maximum absolute atomic E-state index is 14.0. The largest absolute Gasteiger partial charge is 0.431 e. The Kier molecular flexibility index (Phi) is 5.03. The van der Waals surface area contributed by atoms with Gasteiger partial charge in [-0.25, -0.2) is 16.8 Å². The summed E-state index contributed by atoms with van der Waals surface area (Å²) in [5.41, 5.74) is 0. The number of likely N-dealkylation sites (tertiary alicyclic amines) is 1. The quantitative estimate of drug-likeness (QED) is 0.738. The first-order valence-corrected chi connectivity index (χ1v) is 10.6. The molecule has 0 aromatic rings. The lowest BCUT2D eigenvalue weighted by atomic mass is 9.75. The lowest BCUT2D eigenvalue weighted by molar-refractivity contribution is -0.150. The normalized spacial score (nSPS) is 26.7. The lowest BCUT2D eigenvalue weighted by Gasteiger charge is -2.42. The van der Waals surface area contributed by atoms with Crippen LogP contribution in [0, 0.1) is 11.8 Å². The van der Waals surface area contributed by atoms with Gasteiger partial charge in [0.15, 0.2) is 10.0 Å². The second kappa shape index (κ2) is 6.25. The minimum absolute atomic E-state index is 0.0456. The van der Waals surface area contributed by atoms with Crippen molar-refractivity contribution in [2.24, 2.45) is 11.8 Å². The number of halogens is 2. The lowest BCUT2D eigenvalue weighted by Crippen LogP contribution is -2.53. The monoisotopic (exact) mass is 373 g/mol. The Bertz CT molecular complexity index is 678. The maximum Gasteiger partial charge on any atom is 0.406 e. The maximum atomic E-state index is 14.0. The van der Waals surface area contributed by atoms with Crippen LogP contribution < -0.4 is 0 Å². The van der Waals surface area contributed by atoms with Crippen LogP contribution in [0.1, 0.15) is 32.1 Å². The van der Waals surface area contributed by atoms with Gasteiger partial charge in [0, 0.05) is 19.3 Å². The molecule has 11 heteroatoms. The molecule has 7 nitrogen and oxygen atoms in total. The molecule has 2 atom stereocenters. The standard InChI is InChI=1S/C12H19F2N2O5S2/c1-22(18,19)15-23(20,21)12(13,14)11(17)16-7-6-9-4-2-3-5-10(9)8-16/h9-10H,2-8H2,1H3/q-1. The first-order chi connectivity index (χ1) is 10.4. The van der Waals surface area contributed by atoms with Crippen molar-refractivity contribution in [1.29, 1.82) is 0 Å². The van der Waals surface area contributed by atoms with Crippen molar-refractivity contribution < 1.29 is 30.4 Å². The van der Waals surface area contributed by atoms with Crippen molar-refractivity contribution in [3.63, 3.8) is 0 Å². The number of amides is 1. The Hall–Kier alpha value is -0.810. The molecular weight excluding hydrogens is 354 g/mol. The van der Waals surface area contributed by atoms with Crippen LogP contribution in [0.25, 0.3) is 4.13 Å². The van der Waals surface area contributed by atoms with Crippen molar-refractivity contribution in [2.75, 3.05) is 19.3 Å². The van der Waals surface area contributed by atoms with E-state index in [2.05, 4.69) is 4.13 Å². The van der Waals surface area contributed by atoms with Gasteiger partial charge in [-0.15, -0.1) is 0 Å². The molecule has 2 fully saturated rings. The van der Waals surface area contributed by atoms with Crippen molar-refractivity contribution in [3.05, 3.63) is 4.13 Å². The van der Waals surface area contributed by atoms with Gasteiger partial charge in [-0.3, -0.25) is 4.79 Å². The van der Waals surface area contributed by atoms with Gasteiger partial charge < -0.3 is 9.03 Å². The number of sulfonamides is 2. The Morgan fingerprint density at radius 1 is 1.09 bits per heavy atom. The van der Waals surface area contributed by atoms with E-state index >= 15 is 0 Å². The minimum Gasteiger partial charge on any atom is -0.431 e. The van der Waals surface area contributed by atoms with Gasteiger partial charge in [-0.2, -0.15) is 8.78 Å². The molecule has 1 aliphatic carbocycles. The Morgan fingerprint density at radius 2 is 1.65 bits per heavy atom. The molecule has 2 unspecified atom stereocenters. The highest BCUT2D eigenvalue weighted by Gasteiger charge is 2.51. The zero-order valence-electron chi connectivity index (χ0n) is 12.6. The number of hydrogen-bond acceptors (Lipinski definition) is 5. The molecule has 2 rings (SSSR count). The van der Waals surface area contributed by atoms with E-state index in [1.54, 1.807) is 0 Å². The molecule has 0 radical (unpaired) electrons. The third-order valence-corrected chi connectivity index (χ3v) is 7.08. The highest BCUT2D eigenvalue weighted by atomic mass is 32.3. The molecule has 23 heavy (non-hydrogen) atoms. The Labute approximate surface area is 134 Å². The summed E-state index contributed by atoms with van der Waals surface area (Å²) in [5.74, 6) is -1.43. The summed E-state index contributed by atoms with van der Waals surface area (Å²) in [6.07, 6.45) is 4.77. The van der Waals surface area contributed by atoms with Crippen molar-refractivity contribution in [3.8, 4) is 0 Å². The van der Waals surface area contributed by atoms with Crippen LogP contribution in [-0.2, 0) is 24.8 Å². The van der Waals surface area contributed by atoms with Gasteiger partial charge in [0.2, 0.25) is 0 Å². The predicted octanol–water partition coefficient (Wildman–Crippen LogP) is 1.28. The summed E-state index contributed by atoms with van der Waals surface area (Å²) in [6, 6.07) is 0. The summed E-state index contributed by atoms with van der Waals surface area (Å²) in [4.78, 5) is 12.8. The third kappa shape index (κ3) is 4.00. The van der Waals surface area contributed by atoms with Gasteiger partial charge in [0.25, 0.3) is 0 Å². The fourth-order valence-corrected chi connectivity index (χ4v) is 5.45. The van der Waals surface area contributed by atoms with Crippen molar-refractivity contribution in [1.82, 2.24) is 4.90 Å². The van der Waals surface area contributed by atoms with E-state index < -0.39 is 31.2 Å². The van der Waals surface area contributed by atoms with Crippen LogP contribution in [0.15, 0.2) is 0 Å². The van der Waals surface area contributed by atoms with Crippen molar-refractivity contribution >= 4 is 26.0 Å². The van der Waals surface area contributed by atoms with Gasteiger partial charge in [0.1, 0.15) is 0 Å². The number of carbonyl (C=O) groups excluding carboxylic acids is 1. The number of rotatable bonds is 4. The van der Waals surface area contributed by atoms with E-state index in [4.69, 9.17) is 0 Å². The smallest absolute Gasteiger partial charge is 0.406 e. The van der Waals surface area contributed by atoms with Crippen LogP contribution in [-0.4, -0.2) is 52.2 Å². The number of carbonyl (C=O) groups is 1. The van der Waals surface area contributed by atoms with E-state index in [0.717, 1.165) is 30.6 Å². The molecule has 134 valence electrons. The van der Waals surface area contributed by atoms with Gasteiger partial charge in [-0.1, -0.05) is 19.3 Å². The molecule has 0 N–H and O–H groups in total. The molecule has 1 saturated carbocycles. The topological polar surface area (TPSA) is 103 Å². The molecule has 0 bridgehead atoms. The van der Waals surface area contributed by atoms with Crippen LogP contribution in [0.5, 0.6) is 0 Å². The second-order valence-electron chi connectivity index (χ2n) is 6.14. The third-order valence-electron chi connectivity index (χ3n) is 4.38. The first-order valence-electron chi connectivity index (χ1n) is 7.30. The molecule has 1 aliphatic heterocycles. The fraction of sp³-hybridized carbons (Fsp3) is 0.917. The molecular formula is C12H19F2N2O5S2-. The van der Waals surface area contributed by atoms with Crippen LogP contribution in [0.2, 0.25) is 0 Å². The van der Waals surface area contributed by atoms with Crippen LogP contribution in [0.4, 0.5) is 8.78 Å². The van der Waals surface area contributed by atoms with Gasteiger partial charge in [0.05, 0.1) is 10.0 Å². The summed E-state index contributed by atoms with van der Waals surface area (Å²) in [6.45, 7) is 0.122. The summed E-state index contributed by atoms with van der Waals surface area (Å²) in [5, 5.41) is -4.88. The molecule has 0 spiro atoms. The summed E-state index contributed by atoms with van der Waals surface area (Å²) < 4.78 is 74.9. The van der Waals surface area contributed by atoms with E-state index in [-0.39, 0.29) is 19.0 Å². The van der Waals surface area contributed by atoms with Gasteiger partial charge in [-0.05, 0) is 24.7 Å². The summed E-state index contributed by atoms with van der Waals surface area (Å²) >= 11 is 0. The van der Waals surface area contributed by atoms with E-state index in [9.17, 15) is 30.4 Å². The number of piperidine rings is 1. The summed E-state index contributed by atoms with van der Waals surface area (Å²) in [7, 11) is -10.3. The van der Waals surface area contributed by atoms with E-state index in [1.165, 1.54) is 0 Å². The number of nitrogens with zero attached hydrogens (tertiary/aromatic N) is 2. The van der Waals surface area contributed by atoms with Crippen LogP contribution >= 0.6 is 0 Å². The SMILES string of the molecule is CS(=O)(=O)[N-]S(=O)(=O)C(F)(F)C(=O)N1CCC2CCCCC2C1. The zero-order chi connectivity index (χ0) is 17.5. The van der Waals surface area contributed by atoms with E-state index in [0.29, 0.717) is 18.6 Å². The Morgan fingerprint density at radius 3 is 2.22 bits per heavy atom. The van der Waals surface area contributed by atoms with E-state index in [1.807, 2.05) is 0 Å². The first kappa shape index (κ1) is 18.5. The minimum atomic E-state index is -5.78. The van der Waals surface area contributed by atoms with Crippen LogP contribution in [0.3, 0.4) is 0 Å². The number of alkyl halides is 2. The molecule has 1 heterocycles. The fourth-order valence-electron chi connectivity index (χ4n) is 3.30. The highest BCUT2D eigenvalue weighted by Crippen LogP contribution is 2.38. The second-order valence-corrected chi connectivity index (χ2v) is 9.67. The number of fused-ring (bicyclic) bond motifs is 1. The van der Waals surface area contributed by atoms with Crippen molar-refractivity contribution in [2.45, 2.75) is 37.4 Å². The number of hydrogen-bond donors (Lipinski definition) is 0. The highest BCUT2D eigenvalue weighted by molar-refractivity contribution is 8.12. The molecule has 0 aromatic carbocycles. The molecule has 1 amide bonds. The average molecular weight is 373 g/mol. The Balaban J connectivity index is 2.15. The predicted molar refractivity (Wildman–Crippen MR) is 78.7 cm³/mol. The molecule has 2 aliphatic rings. The average Bonchev–Trinajstić information content (AvgIpc) is 2.43. The zero-order valence-corrected chi connectivity index (χ0v) is 14.2. The molecule has 1 saturated heterocycles. The molecule has 0 aromatic heterocycles. The van der Waals surface area contributed by atoms with Gasteiger partial charge >= 0.3 is 11.2 Å².